The Labute approximate surface area is 137 Å². The molecular formula is C16H16BrN3O2. The lowest BCUT2D eigenvalue weighted by Crippen LogP contribution is -2.17. The van der Waals surface area contributed by atoms with E-state index >= 15 is 0 Å². The van der Waals surface area contributed by atoms with Gasteiger partial charge in [0.05, 0.1) is 6.21 Å². The second-order valence-electron chi connectivity index (χ2n) is 4.51. The lowest BCUT2D eigenvalue weighted by molar-refractivity contribution is 0.0955. The predicted octanol–water partition coefficient (Wildman–Crippen LogP) is 3.35. The van der Waals surface area contributed by atoms with Gasteiger partial charge in [0.25, 0.3) is 5.91 Å². The summed E-state index contributed by atoms with van der Waals surface area (Å²) in [5.41, 5.74) is 4.28. The van der Waals surface area contributed by atoms with Crippen molar-refractivity contribution in [1.29, 1.82) is 0 Å². The van der Waals surface area contributed by atoms with Crippen molar-refractivity contribution >= 4 is 33.7 Å². The van der Waals surface area contributed by atoms with Crippen molar-refractivity contribution < 1.29 is 9.90 Å². The van der Waals surface area contributed by atoms with Crippen LogP contribution in [0.1, 0.15) is 22.8 Å². The topological polar surface area (TPSA) is 73.7 Å². The van der Waals surface area contributed by atoms with E-state index in [-0.39, 0.29) is 11.7 Å². The molecule has 22 heavy (non-hydrogen) atoms. The Morgan fingerprint density at radius 3 is 2.64 bits per heavy atom. The highest BCUT2D eigenvalue weighted by atomic mass is 79.9. The lowest BCUT2D eigenvalue weighted by atomic mass is 10.2. The molecule has 0 spiro atoms. The number of hydrogen-bond acceptors (Lipinski definition) is 4. The summed E-state index contributed by atoms with van der Waals surface area (Å²) in [5.74, 6) is -0.215. The number of nitrogens with one attached hydrogen (secondary N) is 2. The molecule has 0 fully saturated rings. The molecule has 0 saturated heterocycles. The fourth-order valence-corrected chi connectivity index (χ4v) is 2.06. The molecule has 114 valence electrons. The average Bonchev–Trinajstić information content (AvgIpc) is 2.50. The van der Waals surface area contributed by atoms with Crippen LogP contribution >= 0.6 is 15.9 Å². The van der Waals surface area contributed by atoms with Crippen LogP contribution in [0.15, 0.2) is 52.0 Å². The molecule has 2 aromatic rings. The van der Waals surface area contributed by atoms with Gasteiger partial charge in [-0.1, -0.05) is 15.9 Å². The van der Waals surface area contributed by atoms with Crippen molar-refractivity contribution in [2.75, 3.05) is 11.9 Å². The minimum atomic E-state index is -0.312. The first kappa shape index (κ1) is 16.0. The van der Waals surface area contributed by atoms with Crippen molar-refractivity contribution in [3.8, 4) is 5.75 Å². The zero-order chi connectivity index (χ0) is 15.9. The lowest BCUT2D eigenvalue weighted by Gasteiger charge is -2.05. The van der Waals surface area contributed by atoms with Crippen LogP contribution in [0.5, 0.6) is 5.75 Å². The van der Waals surface area contributed by atoms with Gasteiger partial charge in [-0.25, -0.2) is 5.43 Å². The number of hydrazone groups is 1. The minimum Gasteiger partial charge on any atom is -0.507 e. The summed E-state index contributed by atoms with van der Waals surface area (Å²) in [4.78, 5) is 11.9. The van der Waals surface area contributed by atoms with E-state index < -0.39 is 0 Å². The number of anilines is 1. The summed E-state index contributed by atoms with van der Waals surface area (Å²) in [7, 11) is 0. The van der Waals surface area contributed by atoms with E-state index in [0.717, 1.165) is 16.7 Å². The molecule has 0 radical (unpaired) electrons. The maximum atomic E-state index is 11.9. The quantitative estimate of drug-likeness (QED) is 0.564. The van der Waals surface area contributed by atoms with Crippen molar-refractivity contribution in [2.24, 2.45) is 5.10 Å². The molecule has 1 amide bonds. The SMILES string of the molecule is CCNc1ccc(/C=N/NC(=O)c2ccc(Br)cc2)c(O)c1. The highest BCUT2D eigenvalue weighted by Crippen LogP contribution is 2.20. The fourth-order valence-electron chi connectivity index (χ4n) is 1.79. The van der Waals surface area contributed by atoms with Gasteiger partial charge in [0, 0.05) is 33.9 Å². The molecule has 0 aliphatic heterocycles. The monoisotopic (exact) mass is 361 g/mol. The van der Waals surface area contributed by atoms with E-state index in [1.165, 1.54) is 6.21 Å². The predicted molar refractivity (Wildman–Crippen MR) is 91.5 cm³/mol. The summed E-state index contributed by atoms with van der Waals surface area (Å²) in [6.45, 7) is 2.75. The molecule has 3 N–H and O–H groups in total. The van der Waals surface area contributed by atoms with Crippen LogP contribution in [0.4, 0.5) is 5.69 Å². The maximum Gasteiger partial charge on any atom is 0.271 e. The Kier molecular flexibility index (Phi) is 5.55. The molecule has 0 unspecified atom stereocenters. The second-order valence-corrected chi connectivity index (χ2v) is 5.43. The number of amides is 1. The number of benzene rings is 2. The summed E-state index contributed by atoms with van der Waals surface area (Å²) in [6.07, 6.45) is 1.40. The van der Waals surface area contributed by atoms with Crippen molar-refractivity contribution in [3.05, 3.63) is 58.1 Å². The van der Waals surface area contributed by atoms with Crippen molar-refractivity contribution in [3.63, 3.8) is 0 Å². The first-order valence-electron chi connectivity index (χ1n) is 6.76. The van der Waals surface area contributed by atoms with Crippen LogP contribution in [-0.2, 0) is 0 Å². The van der Waals surface area contributed by atoms with E-state index in [4.69, 9.17) is 0 Å². The molecular weight excluding hydrogens is 346 g/mol. The Morgan fingerprint density at radius 2 is 2.00 bits per heavy atom. The summed E-state index contributed by atoms with van der Waals surface area (Å²) < 4.78 is 0.901. The second kappa shape index (κ2) is 7.61. The normalized spacial score (nSPS) is 10.6. The number of rotatable bonds is 5. The van der Waals surface area contributed by atoms with Crippen LogP contribution in [0.2, 0.25) is 0 Å². The summed E-state index contributed by atoms with van der Waals surface area (Å²) in [6, 6.07) is 12.1. The number of phenols is 1. The van der Waals surface area contributed by atoms with Crippen molar-refractivity contribution in [1.82, 2.24) is 5.43 Å². The zero-order valence-electron chi connectivity index (χ0n) is 12.0. The van der Waals surface area contributed by atoms with Crippen LogP contribution < -0.4 is 10.7 Å². The number of aromatic hydroxyl groups is 1. The van der Waals surface area contributed by atoms with Crippen LogP contribution in [0.3, 0.4) is 0 Å². The van der Waals surface area contributed by atoms with E-state index in [1.54, 1.807) is 36.4 Å². The maximum absolute atomic E-state index is 11.9. The molecule has 0 atom stereocenters. The van der Waals surface area contributed by atoms with Gasteiger partial charge in [-0.3, -0.25) is 4.79 Å². The molecule has 2 rings (SSSR count). The first-order chi connectivity index (χ1) is 10.6. The third-order valence-corrected chi connectivity index (χ3v) is 3.42. The molecule has 0 aliphatic carbocycles. The number of carbonyl (C=O) groups excluding carboxylic acids is 1. The first-order valence-corrected chi connectivity index (χ1v) is 7.55. The molecule has 6 heteroatoms. The highest BCUT2D eigenvalue weighted by Gasteiger charge is 2.04. The molecule has 2 aromatic carbocycles. The Balaban J connectivity index is 2.00. The average molecular weight is 362 g/mol. The third kappa shape index (κ3) is 4.33. The van der Waals surface area contributed by atoms with E-state index in [9.17, 15) is 9.90 Å². The molecule has 0 heterocycles. The van der Waals surface area contributed by atoms with E-state index in [2.05, 4.69) is 31.8 Å². The summed E-state index contributed by atoms with van der Waals surface area (Å²) in [5, 5.41) is 16.8. The third-order valence-electron chi connectivity index (χ3n) is 2.89. The van der Waals surface area contributed by atoms with Crippen LogP contribution in [-0.4, -0.2) is 23.8 Å². The molecule has 0 aliphatic rings. The van der Waals surface area contributed by atoms with Crippen LogP contribution in [0.25, 0.3) is 0 Å². The molecule has 0 aromatic heterocycles. The van der Waals surface area contributed by atoms with Gasteiger partial charge in [0.15, 0.2) is 0 Å². The van der Waals surface area contributed by atoms with E-state index in [1.807, 2.05) is 13.0 Å². The standard InChI is InChI=1S/C16H16BrN3O2/c1-2-18-14-8-5-12(15(21)9-14)10-19-20-16(22)11-3-6-13(17)7-4-11/h3-10,18,21H,2H2,1H3,(H,20,22)/b19-10+. The fraction of sp³-hybridized carbons (Fsp3) is 0.125. The van der Waals surface area contributed by atoms with E-state index in [0.29, 0.717) is 11.1 Å². The number of phenolic OH excluding ortho intramolecular Hbond substituents is 1. The minimum absolute atomic E-state index is 0.0973. The Bertz CT molecular complexity index is 684. The summed E-state index contributed by atoms with van der Waals surface area (Å²) >= 11 is 3.31. The van der Waals surface area contributed by atoms with Gasteiger partial charge < -0.3 is 10.4 Å². The Hall–Kier alpha value is -2.34. The number of nitrogens with zero attached hydrogens (tertiary/aromatic N) is 1. The van der Waals surface area contributed by atoms with Gasteiger partial charge >= 0.3 is 0 Å². The zero-order valence-corrected chi connectivity index (χ0v) is 13.6. The van der Waals surface area contributed by atoms with Gasteiger partial charge in [0.1, 0.15) is 5.75 Å². The number of carbonyl (C=O) groups is 1. The largest absolute Gasteiger partial charge is 0.507 e. The molecule has 0 bridgehead atoms. The van der Waals surface area contributed by atoms with Gasteiger partial charge in [-0.05, 0) is 43.3 Å². The number of halogens is 1. The van der Waals surface area contributed by atoms with Gasteiger partial charge in [0.2, 0.25) is 0 Å². The van der Waals surface area contributed by atoms with Crippen molar-refractivity contribution in [2.45, 2.75) is 6.92 Å². The highest BCUT2D eigenvalue weighted by molar-refractivity contribution is 9.10. The van der Waals surface area contributed by atoms with Crippen LogP contribution in [0, 0.1) is 0 Å². The molecule has 5 nitrogen and oxygen atoms in total. The molecule has 0 saturated carbocycles. The van der Waals surface area contributed by atoms with Gasteiger partial charge in [-0.2, -0.15) is 5.10 Å². The van der Waals surface area contributed by atoms with Gasteiger partial charge in [-0.15, -0.1) is 0 Å². The Morgan fingerprint density at radius 1 is 1.27 bits per heavy atom. The number of hydrogen-bond donors (Lipinski definition) is 3. The smallest absolute Gasteiger partial charge is 0.271 e.